The summed E-state index contributed by atoms with van der Waals surface area (Å²) in [5, 5.41) is 16.7. The van der Waals surface area contributed by atoms with Gasteiger partial charge in [0.25, 0.3) is 21.6 Å². The summed E-state index contributed by atoms with van der Waals surface area (Å²) in [6.07, 6.45) is 4.68. The summed E-state index contributed by atoms with van der Waals surface area (Å²) in [7, 11) is -4.59. The number of amides is 1. The second kappa shape index (κ2) is 19.9. The summed E-state index contributed by atoms with van der Waals surface area (Å²) in [6.45, 7) is 11.1. The highest BCUT2D eigenvalue weighted by molar-refractivity contribution is 7.90. The maximum atomic E-state index is 14.4. The Bertz CT molecular complexity index is 2740. The number of fused-ring (bicyclic) bond motifs is 2. The molecule has 1 atom stereocenters. The molecule has 16 nitrogen and oxygen atoms in total. The maximum Gasteiger partial charge on any atom is 0.293 e. The van der Waals surface area contributed by atoms with Crippen LogP contribution in [0.4, 0.5) is 28.4 Å². The molecule has 9 rings (SSSR count). The first-order valence-electron chi connectivity index (χ1n) is 22.0. The Labute approximate surface area is 395 Å². The van der Waals surface area contributed by atoms with Crippen LogP contribution in [0.2, 0.25) is 5.02 Å². The Morgan fingerprint density at radius 1 is 0.970 bits per heavy atom. The Kier molecular flexibility index (Phi) is 14.2. The Morgan fingerprint density at radius 3 is 2.53 bits per heavy atom. The van der Waals surface area contributed by atoms with Crippen molar-refractivity contribution >= 4 is 85.0 Å². The van der Waals surface area contributed by atoms with Crippen LogP contribution in [0.1, 0.15) is 54.7 Å². The number of ether oxygens (including phenoxy) is 3. The van der Waals surface area contributed by atoms with Crippen molar-refractivity contribution in [1.29, 1.82) is 0 Å². The second-order valence-corrected chi connectivity index (χ2v) is 19.9. The number of allylic oxidation sites excluding steroid dienone is 1. The number of carbonyl (C=O) groups excluding carboxylic acids is 1. The van der Waals surface area contributed by atoms with Gasteiger partial charge in [0.15, 0.2) is 0 Å². The Hall–Kier alpha value is -5.27. The Balaban J connectivity index is 0.00000592. The van der Waals surface area contributed by atoms with Crippen molar-refractivity contribution in [2.24, 2.45) is 5.41 Å². The van der Waals surface area contributed by atoms with E-state index < -0.39 is 31.4 Å². The SMILES string of the molecule is CC1(C)CCC(CN2CCN(c3ccc(C(=O)NS(=O)(=O)c4ccc(NC[C@H]5COCCO5)c([N+](=O)[O-])c4)c(N4CCOCc5nc6[nH]ccc6cc54)c3)CC2)=C(c2ccc(Cl)cc2)C1.Cl. The number of carbonyl (C=O) groups is 1. The van der Waals surface area contributed by atoms with E-state index in [9.17, 15) is 23.3 Å². The average Bonchev–Trinajstić information content (AvgIpc) is 3.66. The summed E-state index contributed by atoms with van der Waals surface area (Å²) in [5.41, 5.74) is 7.54. The number of pyridine rings is 1. The van der Waals surface area contributed by atoms with Gasteiger partial charge in [-0.05, 0) is 90.4 Å². The van der Waals surface area contributed by atoms with Gasteiger partial charge in [-0.1, -0.05) is 43.2 Å². The van der Waals surface area contributed by atoms with Gasteiger partial charge in [0.05, 0.1) is 71.6 Å². The number of nitrogens with zero attached hydrogens (tertiary/aromatic N) is 5. The van der Waals surface area contributed by atoms with Crippen molar-refractivity contribution in [2.45, 2.75) is 50.7 Å². The van der Waals surface area contributed by atoms with Gasteiger partial charge >= 0.3 is 0 Å². The van der Waals surface area contributed by atoms with Crippen LogP contribution < -0.4 is 19.8 Å². The predicted octanol–water partition coefficient (Wildman–Crippen LogP) is 7.95. The minimum atomic E-state index is -4.59. The van der Waals surface area contributed by atoms with Crippen LogP contribution in [0.3, 0.4) is 0 Å². The lowest BCUT2D eigenvalue weighted by Gasteiger charge is -2.39. The highest BCUT2D eigenvalue weighted by Gasteiger charge is 2.32. The summed E-state index contributed by atoms with van der Waals surface area (Å²) in [5.74, 6) is -0.890. The van der Waals surface area contributed by atoms with E-state index in [2.05, 4.69) is 50.8 Å². The van der Waals surface area contributed by atoms with E-state index in [0.717, 1.165) is 79.8 Å². The van der Waals surface area contributed by atoms with E-state index in [0.29, 0.717) is 50.0 Å². The smallest absolute Gasteiger partial charge is 0.293 e. The first-order chi connectivity index (χ1) is 31.3. The van der Waals surface area contributed by atoms with Gasteiger partial charge in [-0.25, -0.2) is 18.1 Å². The fourth-order valence-electron chi connectivity index (χ4n) is 9.17. The molecular formula is C47H54Cl2N8O8S. The number of rotatable bonds is 12. The number of piperazine rings is 1. The van der Waals surface area contributed by atoms with Gasteiger partial charge in [0.2, 0.25) is 0 Å². The number of aromatic amines is 1. The zero-order valence-corrected chi connectivity index (χ0v) is 39.3. The third-order valence-electron chi connectivity index (χ3n) is 12.7. The highest BCUT2D eigenvalue weighted by Crippen LogP contribution is 2.44. The lowest BCUT2D eigenvalue weighted by molar-refractivity contribution is -0.384. The lowest BCUT2D eigenvalue weighted by Crippen LogP contribution is -2.47. The summed E-state index contributed by atoms with van der Waals surface area (Å²) in [6, 6.07) is 21.0. The van der Waals surface area contributed by atoms with Gasteiger partial charge in [-0.2, -0.15) is 0 Å². The monoisotopic (exact) mass is 960 g/mol. The van der Waals surface area contributed by atoms with Gasteiger partial charge in [-0.15, -0.1) is 12.4 Å². The molecule has 3 aromatic carbocycles. The number of hydrogen-bond acceptors (Lipinski definition) is 13. The molecule has 2 saturated heterocycles. The van der Waals surface area contributed by atoms with E-state index in [-0.39, 0.29) is 48.3 Å². The van der Waals surface area contributed by atoms with E-state index in [1.165, 1.54) is 28.8 Å². The number of nitrogens with one attached hydrogen (secondary N) is 3. The van der Waals surface area contributed by atoms with Crippen molar-refractivity contribution in [3.8, 4) is 0 Å². The molecule has 4 aliphatic rings. The number of anilines is 4. The fourth-order valence-corrected chi connectivity index (χ4v) is 10.3. The molecule has 5 aromatic rings. The molecule has 3 aliphatic heterocycles. The third-order valence-corrected chi connectivity index (χ3v) is 14.3. The molecule has 5 heterocycles. The average molecular weight is 962 g/mol. The maximum absolute atomic E-state index is 14.4. The number of H-pyrrole nitrogens is 1. The number of nitro benzene ring substituents is 1. The molecule has 3 N–H and O–H groups in total. The van der Waals surface area contributed by atoms with Crippen molar-refractivity contribution in [3.05, 3.63) is 117 Å². The van der Waals surface area contributed by atoms with Crippen molar-refractivity contribution in [2.75, 3.05) is 87.4 Å². The van der Waals surface area contributed by atoms with Crippen molar-refractivity contribution in [3.63, 3.8) is 0 Å². The zero-order valence-electron chi connectivity index (χ0n) is 36.9. The van der Waals surface area contributed by atoms with E-state index in [1.54, 1.807) is 6.07 Å². The van der Waals surface area contributed by atoms with Crippen LogP contribution in [-0.2, 0) is 30.8 Å². The Morgan fingerprint density at radius 2 is 1.77 bits per heavy atom. The number of nitro groups is 1. The minimum absolute atomic E-state index is 0. The number of hydrogen-bond donors (Lipinski definition) is 3. The van der Waals surface area contributed by atoms with E-state index in [1.807, 2.05) is 47.5 Å². The molecule has 1 amide bonds. The van der Waals surface area contributed by atoms with Crippen LogP contribution in [0.5, 0.6) is 0 Å². The van der Waals surface area contributed by atoms with Gasteiger partial charge in [-0.3, -0.25) is 19.8 Å². The zero-order chi connectivity index (χ0) is 45.3. The minimum Gasteiger partial charge on any atom is -0.377 e. The predicted molar refractivity (Wildman–Crippen MR) is 258 cm³/mol. The first kappa shape index (κ1) is 47.2. The normalized spacial score (nSPS) is 19.2. The second-order valence-electron chi connectivity index (χ2n) is 17.8. The highest BCUT2D eigenvalue weighted by atomic mass is 35.5. The summed E-state index contributed by atoms with van der Waals surface area (Å²) < 4.78 is 47.1. The standard InChI is InChI=1S/C47H53ClN8O8S.ClH/c1-47(2)13-11-33(39(26-47)31-3-5-34(48)6-4-31)28-53-15-17-54(18-16-53)35-7-9-38(42(24-35)55-19-20-62-30-41-43(55)23-32-12-14-49-45(32)51-41)46(57)52-65(60,61)37-8-10-40(44(25-37)56(58)59)50-27-36-29-63-21-22-64-36;/h3-10,12,14,23-25,36,50H,11,13,15-22,26-30H2,1-2H3,(H,49,51)(H,52,57);1H/t36-;/m0./s1. The number of halogens is 2. The molecule has 0 unspecified atom stereocenters. The summed E-state index contributed by atoms with van der Waals surface area (Å²) in [4.78, 5) is 40.2. The van der Waals surface area contributed by atoms with Crippen LogP contribution >= 0.6 is 24.0 Å². The molecule has 66 heavy (non-hydrogen) atoms. The molecule has 2 aromatic heterocycles. The molecule has 0 radical (unpaired) electrons. The van der Waals surface area contributed by atoms with E-state index >= 15 is 0 Å². The molecular weight excluding hydrogens is 908 g/mol. The molecule has 350 valence electrons. The van der Waals surface area contributed by atoms with Gasteiger partial charge in [0, 0.05) is 74.2 Å². The molecule has 2 fully saturated rings. The lowest BCUT2D eigenvalue weighted by atomic mass is 9.72. The van der Waals surface area contributed by atoms with Crippen LogP contribution in [-0.4, -0.2) is 112 Å². The van der Waals surface area contributed by atoms with Crippen molar-refractivity contribution in [1.82, 2.24) is 19.6 Å². The number of sulfonamides is 1. The molecule has 0 bridgehead atoms. The largest absolute Gasteiger partial charge is 0.377 e. The molecule has 1 aliphatic carbocycles. The molecule has 0 spiro atoms. The van der Waals surface area contributed by atoms with Crippen molar-refractivity contribution < 1.29 is 32.3 Å². The van der Waals surface area contributed by atoms with Crippen LogP contribution in [0.15, 0.2) is 89.5 Å². The number of aromatic nitrogens is 2. The van der Waals surface area contributed by atoms with Crippen LogP contribution in [0.25, 0.3) is 16.6 Å². The van der Waals surface area contributed by atoms with Gasteiger partial charge in [0.1, 0.15) is 11.3 Å². The third kappa shape index (κ3) is 10.5. The van der Waals surface area contributed by atoms with Crippen LogP contribution in [0, 0.1) is 15.5 Å². The quantitative estimate of drug-likeness (QED) is 0.0810. The number of benzene rings is 3. The van der Waals surface area contributed by atoms with Gasteiger partial charge < -0.3 is 34.3 Å². The topological polar surface area (TPSA) is 185 Å². The molecule has 19 heteroatoms. The first-order valence-corrected chi connectivity index (χ1v) is 23.9. The summed E-state index contributed by atoms with van der Waals surface area (Å²) >= 11 is 6.27. The molecule has 0 saturated carbocycles. The fraction of sp³-hybridized carbons (Fsp3) is 0.404. The van der Waals surface area contributed by atoms with E-state index in [4.69, 9.17) is 30.8 Å².